The molecule has 0 unspecified atom stereocenters. The van der Waals surface area contributed by atoms with Crippen molar-refractivity contribution in [1.82, 2.24) is 0 Å². The second kappa shape index (κ2) is 11.9. The van der Waals surface area contributed by atoms with Gasteiger partial charge in [-0.2, -0.15) is 0 Å². The van der Waals surface area contributed by atoms with E-state index in [9.17, 15) is 8.42 Å². The molecule has 1 aliphatic rings. The molecule has 0 aromatic heterocycles. The summed E-state index contributed by atoms with van der Waals surface area (Å²) in [6.07, 6.45) is 6.11. The van der Waals surface area contributed by atoms with Gasteiger partial charge in [0.25, 0.3) is 10.0 Å². The average molecular weight is 633 g/mol. The van der Waals surface area contributed by atoms with Crippen LogP contribution in [0.3, 0.4) is 0 Å². The SMILES string of the molecule is C/C=c1/c(NSc2ccc(C(C)(C)C)c(C(C)(C)C)c2)ccc(NS(=O)(=O)c2ccc3c(c2)C(C)(C)CCC3(C)C)/c1=C/C. The Morgan fingerprint density at radius 3 is 1.82 bits per heavy atom. The van der Waals surface area contributed by atoms with E-state index < -0.39 is 10.0 Å². The molecular formula is C38H52N2O2S2. The molecule has 2 N–H and O–H groups in total. The summed E-state index contributed by atoms with van der Waals surface area (Å²) in [7, 11) is -3.80. The van der Waals surface area contributed by atoms with Crippen molar-refractivity contribution in [3.8, 4) is 0 Å². The van der Waals surface area contributed by atoms with Gasteiger partial charge >= 0.3 is 0 Å². The van der Waals surface area contributed by atoms with Crippen LogP contribution in [0.25, 0.3) is 12.2 Å². The minimum Gasteiger partial charge on any atom is -0.325 e. The zero-order chi connectivity index (χ0) is 32.9. The highest BCUT2D eigenvalue weighted by Gasteiger charge is 2.37. The molecule has 0 saturated carbocycles. The molecule has 3 aromatic carbocycles. The molecule has 0 atom stereocenters. The van der Waals surface area contributed by atoms with E-state index in [0.717, 1.165) is 39.4 Å². The second-order valence-corrected chi connectivity index (χ2v) is 18.1. The van der Waals surface area contributed by atoms with Crippen molar-refractivity contribution in [2.75, 3.05) is 9.44 Å². The summed E-state index contributed by atoms with van der Waals surface area (Å²) in [4.78, 5) is 1.44. The van der Waals surface area contributed by atoms with Crippen molar-refractivity contribution in [1.29, 1.82) is 0 Å². The summed E-state index contributed by atoms with van der Waals surface area (Å²) in [5.74, 6) is 0. The van der Waals surface area contributed by atoms with Crippen LogP contribution in [0.4, 0.5) is 11.4 Å². The topological polar surface area (TPSA) is 58.2 Å². The Kier molecular flexibility index (Phi) is 9.25. The highest BCUT2D eigenvalue weighted by molar-refractivity contribution is 8.00. The zero-order valence-corrected chi connectivity index (χ0v) is 30.5. The van der Waals surface area contributed by atoms with E-state index in [1.54, 1.807) is 18.0 Å². The van der Waals surface area contributed by atoms with Crippen LogP contribution in [0.2, 0.25) is 0 Å². The fourth-order valence-corrected chi connectivity index (χ4v) is 8.17. The molecule has 0 bridgehead atoms. The van der Waals surface area contributed by atoms with Crippen molar-refractivity contribution in [2.45, 2.75) is 127 Å². The summed E-state index contributed by atoms with van der Waals surface area (Å²) in [5, 5.41) is 1.80. The summed E-state index contributed by atoms with van der Waals surface area (Å²) in [6.45, 7) is 26.4. The molecule has 0 radical (unpaired) electrons. The maximum Gasteiger partial charge on any atom is 0.261 e. The Morgan fingerprint density at radius 2 is 1.25 bits per heavy atom. The Bertz CT molecular complexity index is 1790. The zero-order valence-electron chi connectivity index (χ0n) is 28.8. The molecule has 0 fully saturated rings. The number of rotatable bonds is 6. The quantitative estimate of drug-likeness (QED) is 0.266. The number of sulfonamides is 1. The van der Waals surface area contributed by atoms with Gasteiger partial charge in [0.15, 0.2) is 0 Å². The molecule has 4 rings (SSSR count). The third-order valence-corrected chi connectivity index (χ3v) is 11.3. The molecule has 0 amide bonds. The summed E-state index contributed by atoms with van der Waals surface area (Å²) in [6, 6.07) is 16.2. The van der Waals surface area contributed by atoms with E-state index in [1.165, 1.54) is 16.7 Å². The number of anilines is 2. The maximum atomic E-state index is 13.8. The fourth-order valence-electron chi connectivity index (χ4n) is 6.35. The van der Waals surface area contributed by atoms with Crippen LogP contribution < -0.4 is 19.9 Å². The van der Waals surface area contributed by atoms with E-state index >= 15 is 0 Å². The van der Waals surface area contributed by atoms with Gasteiger partial charge in [0.2, 0.25) is 0 Å². The minimum atomic E-state index is -3.80. The van der Waals surface area contributed by atoms with Crippen LogP contribution in [0.1, 0.15) is 118 Å². The molecule has 0 heterocycles. The average Bonchev–Trinajstić information content (AvgIpc) is 2.93. The highest BCUT2D eigenvalue weighted by atomic mass is 32.2. The molecule has 0 aliphatic heterocycles. The number of hydrogen-bond acceptors (Lipinski definition) is 4. The van der Waals surface area contributed by atoms with Gasteiger partial charge in [0, 0.05) is 15.3 Å². The van der Waals surface area contributed by atoms with Gasteiger partial charge in [-0.3, -0.25) is 4.72 Å². The van der Waals surface area contributed by atoms with Gasteiger partial charge < -0.3 is 4.72 Å². The van der Waals surface area contributed by atoms with Gasteiger partial charge in [0.1, 0.15) is 0 Å². The van der Waals surface area contributed by atoms with E-state index in [0.29, 0.717) is 10.6 Å². The summed E-state index contributed by atoms with van der Waals surface area (Å²) in [5.41, 5.74) is 6.62. The molecule has 0 saturated heterocycles. The van der Waals surface area contributed by atoms with Gasteiger partial charge in [-0.05, 0) is 119 Å². The third kappa shape index (κ3) is 6.92. The van der Waals surface area contributed by atoms with Crippen molar-refractivity contribution >= 4 is 45.5 Å². The van der Waals surface area contributed by atoms with Crippen molar-refractivity contribution in [3.05, 3.63) is 81.2 Å². The lowest BCUT2D eigenvalue weighted by Crippen LogP contribution is -2.34. The smallest absolute Gasteiger partial charge is 0.261 e. The third-order valence-electron chi connectivity index (χ3n) is 9.13. The number of fused-ring (bicyclic) bond motifs is 1. The first-order chi connectivity index (χ1) is 20.2. The number of hydrogen-bond donors (Lipinski definition) is 2. The van der Waals surface area contributed by atoms with Crippen molar-refractivity contribution < 1.29 is 8.42 Å². The maximum absolute atomic E-state index is 13.8. The normalized spacial score (nSPS) is 17.4. The second-order valence-electron chi connectivity index (χ2n) is 15.6. The molecule has 3 aromatic rings. The van der Waals surface area contributed by atoms with Crippen LogP contribution in [0.15, 0.2) is 58.3 Å². The number of nitrogens with one attached hydrogen (secondary N) is 2. The number of benzene rings is 3. The van der Waals surface area contributed by atoms with Gasteiger partial charge in [0.05, 0.1) is 16.3 Å². The van der Waals surface area contributed by atoms with Gasteiger partial charge in [-0.1, -0.05) is 93.5 Å². The van der Waals surface area contributed by atoms with E-state index in [-0.39, 0.29) is 21.7 Å². The van der Waals surface area contributed by atoms with Gasteiger partial charge in [-0.25, -0.2) is 8.42 Å². The van der Waals surface area contributed by atoms with Crippen LogP contribution in [0, 0.1) is 0 Å². The van der Waals surface area contributed by atoms with E-state index in [2.05, 4.69) is 96.9 Å². The van der Waals surface area contributed by atoms with E-state index in [1.807, 2.05) is 50.3 Å². The first kappa shape index (κ1) is 34.2. The van der Waals surface area contributed by atoms with Crippen LogP contribution in [-0.2, 0) is 31.7 Å². The monoisotopic (exact) mass is 632 g/mol. The highest BCUT2D eigenvalue weighted by Crippen LogP contribution is 2.46. The molecule has 238 valence electrons. The van der Waals surface area contributed by atoms with Crippen molar-refractivity contribution in [3.63, 3.8) is 0 Å². The Morgan fingerprint density at radius 1 is 0.705 bits per heavy atom. The minimum absolute atomic E-state index is 0.0225. The largest absolute Gasteiger partial charge is 0.325 e. The molecule has 44 heavy (non-hydrogen) atoms. The first-order valence-corrected chi connectivity index (χ1v) is 18.0. The lowest BCUT2D eigenvalue weighted by Gasteiger charge is -2.42. The van der Waals surface area contributed by atoms with Crippen LogP contribution >= 0.6 is 11.9 Å². The lowest BCUT2D eigenvalue weighted by atomic mass is 9.63. The van der Waals surface area contributed by atoms with Crippen LogP contribution in [0.5, 0.6) is 0 Å². The summed E-state index contributed by atoms with van der Waals surface area (Å²) >= 11 is 1.58. The van der Waals surface area contributed by atoms with Crippen LogP contribution in [-0.4, -0.2) is 8.42 Å². The molecule has 6 heteroatoms. The lowest BCUT2D eigenvalue weighted by molar-refractivity contribution is 0.331. The van der Waals surface area contributed by atoms with Crippen molar-refractivity contribution in [2.24, 2.45) is 0 Å². The molecule has 1 aliphatic carbocycles. The van der Waals surface area contributed by atoms with Gasteiger partial charge in [-0.15, -0.1) is 0 Å². The first-order valence-electron chi connectivity index (χ1n) is 15.7. The Balaban J connectivity index is 1.66. The Hall–Kier alpha value is -2.70. The fraction of sp³-hybridized carbons (Fsp3) is 0.474. The molecular weight excluding hydrogens is 581 g/mol. The molecule has 4 nitrogen and oxygen atoms in total. The van der Waals surface area contributed by atoms with E-state index in [4.69, 9.17) is 0 Å². The summed E-state index contributed by atoms with van der Waals surface area (Å²) < 4.78 is 34.0. The predicted octanol–water partition coefficient (Wildman–Crippen LogP) is 9.15. The predicted molar refractivity (Wildman–Crippen MR) is 192 cm³/mol. The molecule has 0 spiro atoms. The standard InChI is InChI=1S/C38H52N2O2S2/c1-13-27-28(14-2)34(40-44(41,42)26-16-18-30-32(24-26)38(11,12)22-21-37(30,9)10)20-19-33(27)39-43-25-15-17-29(35(3,4)5)31(23-25)36(6,7)8/h13-20,23-24,39-40H,21-22H2,1-12H3/b27-13+,28-14+. The Labute approximate surface area is 271 Å².